The van der Waals surface area contributed by atoms with Gasteiger partial charge in [0.2, 0.25) is 0 Å². The monoisotopic (exact) mass is 260 g/mol. The molecule has 0 unspecified atom stereocenters. The molecule has 1 aliphatic rings. The predicted molar refractivity (Wildman–Crippen MR) is 82.9 cm³/mol. The second-order valence-corrected chi connectivity index (χ2v) is 4.71. The Morgan fingerprint density at radius 1 is 0.950 bits per heavy atom. The number of aromatic amines is 1. The largest absolute Gasteiger partial charge is 0.385 e. The zero-order valence-corrected chi connectivity index (χ0v) is 10.7. The Hall–Kier alpha value is -2.88. The average molecular weight is 260 g/mol. The van der Waals surface area contributed by atoms with Gasteiger partial charge in [-0.3, -0.25) is 0 Å². The first-order valence-electron chi connectivity index (χ1n) is 6.41. The van der Waals surface area contributed by atoms with Gasteiger partial charge in [0.15, 0.2) is 5.84 Å². The first-order chi connectivity index (χ1) is 9.83. The van der Waals surface area contributed by atoms with Crippen LogP contribution in [0.2, 0.25) is 0 Å². The Morgan fingerprint density at radius 3 is 2.60 bits per heavy atom. The van der Waals surface area contributed by atoms with Crippen LogP contribution in [-0.4, -0.2) is 17.0 Å². The minimum Gasteiger partial charge on any atom is -0.385 e. The maximum absolute atomic E-state index is 5.98. The number of benzene rings is 2. The molecule has 0 radical (unpaired) electrons. The van der Waals surface area contributed by atoms with Crippen LogP contribution in [0.25, 0.3) is 10.8 Å². The molecular formula is C16H12N4. The number of hydrogen-bond acceptors (Lipinski definition) is 2. The number of anilines is 1. The number of nitrogens with two attached hydrogens (primary N) is 1. The second-order valence-electron chi connectivity index (χ2n) is 4.71. The molecule has 2 heterocycles. The van der Waals surface area contributed by atoms with Crippen molar-refractivity contribution >= 4 is 34.5 Å². The van der Waals surface area contributed by atoms with E-state index in [4.69, 9.17) is 5.73 Å². The minimum absolute atomic E-state index is 0.634. The van der Waals surface area contributed by atoms with Crippen LogP contribution in [0.3, 0.4) is 0 Å². The molecule has 0 amide bonds. The van der Waals surface area contributed by atoms with E-state index in [-0.39, 0.29) is 0 Å². The number of rotatable bonds is 1. The molecule has 2 aromatic carbocycles. The van der Waals surface area contributed by atoms with Crippen LogP contribution < -0.4 is 5.73 Å². The lowest BCUT2D eigenvalue weighted by molar-refractivity contribution is 1.34. The number of H-pyrrole nitrogens is 1. The fraction of sp³-hybridized carbons (Fsp3) is 0. The Balaban J connectivity index is 1.91. The van der Waals surface area contributed by atoms with Crippen molar-refractivity contribution in [2.24, 2.45) is 9.98 Å². The second kappa shape index (κ2) is 4.06. The van der Waals surface area contributed by atoms with Crippen LogP contribution in [0.5, 0.6) is 0 Å². The quantitative estimate of drug-likeness (QED) is 0.693. The first-order valence-corrected chi connectivity index (χ1v) is 6.41. The van der Waals surface area contributed by atoms with E-state index in [9.17, 15) is 0 Å². The van der Waals surface area contributed by atoms with Crippen molar-refractivity contribution in [3.8, 4) is 0 Å². The van der Waals surface area contributed by atoms with E-state index in [2.05, 4.69) is 15.0 Å². The van der Waals surface area contributed by atoms with Crippen molar-refractivity contribution in [1.82, 2.24) is 4.98 Å². The van der Waals surface area contributed by atoms with Crippen LogP contribution in [0, 0.1) is 0 Å². The number of aliphatic imine (C=N–C) groups is 2. The number of nitrogens with zero attached hydrogens (tertiary/aromatic N) is 2. The molecule has 3 aromatic rings. The van der Waals surface area contributed by atoms with Gasteiger partial charge < -0.3 is 10.7 Å². The third-order valence-electron chi connectivity index (χ3n) is 3.47. The number of amidine groups is 1. The van der Waals surface area contributed by atoms with Gasteiger partial charge in [-0.25, -0.2) is 9.98 Å². The van der Waals surface area contributed by atoms with Crippen molar-refractivity contribution in [2.45, 2.75) is 0 Å². The molecule has 4 heteroatoms. The van der Waals surface area contributed by atoms with Crippen molar-refractivity contribution < 1.29 is 0 Å². The summed E-state index contributed by atoms with van der Waals surface area (Å²) in [5, 5.41) is 2.00. The molecule has 0 spiro atoms. The van der Waals surface area contributed by atoms with Gasteiger partial charge >= 0.3 is 0 Å². The number of nitrogens with one attached hydrogen (secondary N) is 1. The van der Waals surface area contributed by atoms with E-state index in [1.807, 2.05) is 54.7 Å². The fourth-order valence-electron chi connectivity index (χ4n) is 2.48. The Morgan fingerprint density at radius 2 is 1.70 bits per heavy atom. The number of aromatic nitrogens is 1. The summed E-state index contributed by atoms with van der Waals surface area (Å²) in [5.41, 5.74) is 8.12. The minimum atomic E-state index is 0.634. The first kappa shape index (κ1) is 11.0. The van der Waals surface area contributed by atoms with Gasteiger partial charge in [-0.2, -0.15) is 0 Å². The van der Waals surface area contributed by atoms with Gasteiger partial charge in [-0.15, -0.1) is 0 Å². The van der Waals surface area contributed by atoms with Crippen LogP contribution in [0.4, 0.5) is 11.6 Å². The standard InChI is InChI=1S/C16H12N4/c17-14-12-7-3-4-8-13(12)16(19-14)20-15-11-6-2-1-5-10(11)9-18-15/h1-9,19H,17H2/b20-15-. The lowest BCUT2D eigenvalue weighted by Crippen LogP contribution is -1.93. The van der Waals surface area contributed by atoms with Gasteiger partial charge in [-0.05, 0) is 0 Å². The summed E-state index contributed by atoms with van der Waals surface area (Å²) in [6.45, 7) is 0. The average Bonchev–Trinajstić information content (AvgIpc) is 3.03. The molecule has 0 saturated heterocycles. The molecule has 3 N–H and O–H groups in total. The van der Waals surface area contributed by atoms with Gasteiger partial charge in [-0.1, -0.05) is 48.5 Å². The zero-order valence-electron chi connectivity index (χ0n) is 10.7. The topological polar surface area (TPSA) is 66.5 Å². The summed E-state index contributed by atoms with van der Waals surface area (Å²) >= 11 is 0. The molecule has 4 rings (SSSR count). The van der Waals surface area contributed by atoms with Gasteiger partial charge in [0.05, 0.1) is 0 Å². The highest BCUT2D eigenvalue weighted by Gasteiger charge is 2.14. The van der Waals surface area contributed by atoms with Crippen molar-refractivity contribution in [1.29, 1.82) is 0 Å². The lowest BCUT2D eigenvalue weighted by Gasteiger charge is -1.98. The molecular weight excluding hydrogens is 248 g/mol. The van der Waals surface area contributed by atoms with E-state index in [1.165, 1.54) is 0 Å². The Bertz CT molecular complexity index is 871. The predicted octanol–water partition coefficient (Wildman–Crippen LogP) is 3.26. The highest BCUT2D eigenvalue weighted by molar-refractivity contribution is 6.17. The summed E-state index contributed by atoms with van der Waals surface area (Å²) in [6, 6.07) is 16.0. The summed E-state index contributed by atoms with van der Waals surface area (Å²) < 4.78 is 0. The third-order valence-corrected chi connectivity index (χ3v) is 3.47. The number of hydrogen-bond donors (Lipinski definition) is 2. The summed E-state index contributed by atoms with van der Waals surface area (Å²) in [6.07, 6.45) is 1.84. The highest BCUT2D eigenvalue weighted by Crippen LogP contribution is 2.31. The van der Waals surface area contributed by atoms with Crippen molar-refractivity contribution in [3.05, 3.63) is 59.7 Å². The summed E-state index contributed by atoms with van der Waals surface area (Å²) in [7, 11) is 0. The molecule has 20 heavy (non-hydrogen) atoms. The van der Waals surface area contributed by atoms with E-state index in [0.717, 1.165) is 27.7 Å². The summed E-state index contributed by atoms with van der Waals surface area (Å²) in [4.78, 5) is 12.1. The SMILES string of the molecule is Nc1[nH]c(/N=C2\N=Cc3ccccc32)c2ccccc12. The van der Waals surface area contributed by atoms with E-state index >= 15 is 0 Å². The van der Waals surface area contributed by atoms with Gasteiger partial charge in [0.25, 0.3) is 0 Å². The molecule has 0 bridgehead atoms. The van der Waals surface area contributed by atoms with Crippen LogP contribution in [-0.2, 0) is 0 Å². The fourth-order valence-corrected chi connectivity index (χ4v) is 2.48. The molecule has 0 saturated carbocycles. The molecule has 1 aliphatic heterocycles. The number of fused-ring (bicyclic) bond motifs is 2. The van der Waals surface area contributed by atoms with Crippen LogP contribution in [0.15, 0.2) is 58.5 Å². The van der Waals surface area contributed by atoms with E-state index in [0.29, 0.717) is 11.7 Å². The van der Waals surface area contributed by atoms with Gasteiger partial charge in [0, 0.05) is 28.1 Å². The Labute approximate surface area is 115 Å². The van der Waals surface area contributed by atoms with Crippen LogP contribution in [0.1, 0.15) is 11.1 Å². The molecule has 0 atom stereocenters. The molecule has 1 aromatic heterocycles. The number of nitrogen functional groups attached to an aromatic ring is 1. The molecule has 4 nitrogen and oxygen atoms in total. The molecule has 96 valence electrons. The smallest absolute Gasteiger partial charge is 0.162 e. The third kappa shape index (κ3) is 1.55. The maximum Gasteiger partial charge on any atom is 0.162 e. The van der Waals surface area contributed by atoms with Crippen LogP contribution >= 0.6 is 0 Å². The van der Waals surface area contributed by atoms with Gasteiger partial charge in [0.1, 0.15) is 11.6 Å². The van der Waals surface area contributed by atoms with E-state index < -0.39 is 0 Å². The van der Waals surface area contributed by atoms with Crippen molar-refractivity contribution in [2.75, 3.05) is 5.73 Å². The maximum atomic E-state index is 5.98. The summed E-state index contributed by atoms with van der Waals surface area (Å²) in [5.74, 6) is 2.10. The normalized spacial score (nSPS) is 15.1. The van der Waals surface area contributed by atoms with E-state index in [1.54, 1.807) is 0 Å². The van der Waals surface area contributed by atoms with Crippen molar-refractivity contribution in [3.63, 3.8) is 0 Å². The molecule has 0 aliphatic carbocycles. The zero-order chi connectivity index (χ0) is 13.5. The highest BCUT2D eigenvalue weighted by atomic mass is 15.0. The molecule has 0 fully saturated rings. The lowest BCUT2D eigenvalue weighted by atomic mass is 10.1. The Kier molecular flexibility index (Phi) is 2.23.